The predicted octanol–water partition coefficient (Wildman–Crippen LogP) is 9.31. The molecule has 0 heterocycles. The summed E-state index contributed by atoms with van der Waals surface area (Å²) >= 11 is 6.89. The number of aryl methyl sites for hydroxylation is 1. The molecule has 0 bridgehead atoms. The van der Waals surface area contributed by atoms with E-state index in [2.05, 4.69) is 22.8 Å². The fourth-order valence-electron chi connectivity index (χ4n) is 6.74. The zero-order valence-electron chi connectivity index (χ0n) is 30.2. The number of amides is 2. The first-order valence-electron chi connectivity index (χ1n) is 17.6. The summed E-state index contributed by atoms with van der Waals surface area (Å²) in [5, 5.41) is 5.82. The number of benzene rings is 5. The smallest absolute Gasteiger partial charge is 0.407 e. The molecule has 0 radical (unpaired) electrons. The largest absolute Gasteiger partial charge is 0.449 e. The topological polar surface area (TPSA) is 103 Å². The maximum absolute atomic E-state index is 14.6. The van der Waals surface area contributed by atoms with E-state index in [0.717, 1.165) is 27.8 Å². The number of nitrogens with one attached hydrogen (secondary N) is 2. The Balaban J connectivity index is 1.31. The van der Waals surface area contributed by atoms with Gasteiger partial charge in [0, 0.05) is 34.2 Å². The van der Waals surface area contributed by atoms with Crippen molar-refractivity contribution in [2.45, 2.75) is 57.3 Å². The lowest BCUT2D eigenvalue weighted by Gasteiger charge is -2.37. The summed E-state index contributed by atoms with van der Waals surface area (Å²) in [6, 6.07) is 39.1. The molecule has 9 heteroatoms. The van der Waals surface area contributed by atoms with E-state index in [1.807, 2.05) is 116 Å². The van der Waals surface area contributed by atoms with Crippen LogP contribution >= 0.6 is 11.6 Å². The van der Waals surface area contributed by atoms with Gasteiger partial charge < -0.3 is 24.8 Å². The predicted molar refractivity (Wildman–Crippen MR) is 206 cm³/mol. The molecule has 1 aliphatic rings. The van der Waals surface area contributed by atoms with Crippen LogP contribution in [-0.2, 0) is 24.6 Å². The molecule has 0 spiro atoms. The molecule has 0 fully saturated rings. The summed E-state index contributed by atoms with van der Waals surface area (Å²) in [6.45, 7) is 7.29. The Hall–Kier alpha value is -5.60. The first-order valence-corrected chi connectivity index (χ1v) is 18.0. The molecule has 2 N–H and O–H groups in total. The van der Waals surface area contributed by atoms with Gasteiger partial charge in [0.05, 0.1) is 0 Å². The molecular weight excluding hydrogens is 688 g/mol. The van der Waals surface area contributed by atoms with Crippen LogP contribution in [-0.4, -0.2) is 43.0 Å². The molecule has 2 atom stereocenters. The molecule has 5 aromatic rings. The van der Waals surface area contributed by atoms with Gasteiger partial charge in [0.2, 0.25) is 0 Å². The Morgan fingerprint density at radius 1 is 0.698 bits per heavy atom. The minimum absolute atomic E-state index is 0.00665. The fraction of sp³-hybridized carbons (Fsp3) is 0.250. The highest BCUT2D eigenvalue weighted by Gasteiger charge is 2.44. The molecule has 5 aromatic carbocycles. The van der Waals surface area contributed by atoms with Crippen LogP contribution in [0.3, 0.4) is 0 Å². The molecule has 0 saturated carbocycles. The Morgan fingerprint density at radius 3 is 1.89 bits per heavy atom. The van der Waals surface area contributed by atoms with Gasteiger partial charge in [-0.05, 0) is 62.4 Å². The van der Waals surface area contributed by atoms with Gasteiger partial charge in [-0.1, -0.05) is 138 Å². The Morgan fingerprint density at radius 2 is 1.26 bits per heavy atom. The van der Waals surface area contributed by atoms with Gasteiger partial charge in [-0.25, -0.2) is 14.4 Å². The number of esters is 1. The zero-order chi connectivity index (χ0) is 37.6. The molecule has 53 heavy (non-hydrogen) atoms. The van der Waals surface area contributed by atoms with E-state index in [0.29, 0.717) is 21.7 Å². The third kappa shape index (κ3) is 8.39. The summed E-state index contributed by atoms with van der Waals surface area (Å²) in [5.74, 6) is -0.936. The lowest BCUT2D eigenvalue weighted by atomic mass is 9.79. The number of ether oxygens (including phenoxy) is 3. The van der Waals surface area contributed by atoms with Crippen molar-refractivity contribution in [1.82, 2.24) is 10.6 Å². The number of rotatable bonds is 11. The molecule has 0 aliphatic heterocycles. The molecular formula is C44H43ClN2O6. The van der Waals surface area contributed by atoms with Gasteiger partial charge >= 0.3 is 18.2 Å². The van der Waals surface area contributed by atoms with Crippen LogP contribution < -0.4 is 10.6 Å². The first-order chi connectivity index (χ1) is 25.5. The summed E-state index contributed by atoms with van der Waals surface area (Å²) in [4.78, 5) is 40.8. The number of halogens is 1. The standard InChI is InChI=1S/C44H43ClN2O6/c1-29-22-24-31(25-23-29)44(30-14-6-5-7-15-30,37-20-12-13-21-38(37)45)52-40(48)39(26-27-46-41(49)53-43(2,3)4)47-42(50)51-28-36-34-18-10-8-16-32(34)33-17-9-11-19-35(33)36/h5-25,36,39H,26-28H2,1-4H3,(H,46,49)(H,47,50). The molecule has 0 saturated heterocycles. The number of alkyl carbamates (subject to hydrolysis) is 2. The van der Waals surface area contributed by atoms with E-state index in [4.69, 9.17) is 25.8 Å². The van der Waals surface area contributed by atoms with E-state index in [1.54, 1.807) is 26.8 Å². The van der Waals surface area contributed by atoms with Crippen molar-refractivity contribution in [2.75, 3.05) is 13.2 Å². The van der Waals surface area contributed by atoms with Gasteiger partial charge in [-0.15, -0.1) is 0 Å². The number of carbonyl (C=O) groups is 3. The Labute approximate surface area is 315 Å². The van der Waals surface area contributed by atoms with Crippen molar-refractivity contribution in [2.24, 2.45) is 0 Å². The molecule has 272 valence electrons. The van der Waals surface area contributed by atoms with Crippen molar-refractivity contribution >= 4 is 29.8 Å². The van der Waals surface area contributed by atoms with E-state index in [-0.39, 0.29) is 25.5 Å². The zero-order valence-corrected chi connectivity index (χ0v) is 31.0. The van der Waals surface area contributed by atoms with Gasteiger partial charge in [-0.3, -0.25) is 0 Å². The van der Waals surface area contributed by atoms with Gasteiger partial charge in [-0.2, -0.15) is 0 Å². The van der Waals surface area contributed by atoms with Gasteiger partial charge in [0.25, 0.3) is 0 Å². The number of hydrogen-bond acceptors (Lipinski definition) is 6. The quantitative estimate of drug-likeness (QED) is 0.0798. The van der Waals surface area contributed by atoms with Gasteiger partial charge in [0.1, 0.15) is 18.2 Å². The lowest BCUT2D eigenvalue weighted by molar-refractivity contribution is -0.156. The van der Waals surface area contributed by atoms with Crippen LogP contribution in [0, 0.1) is 6.92 Å². The summed E-state index contributed by atoms with van der Waals surface area (Å²) < 4.78 is 17.9. The molecule has 0 aromatic heterocycles. The summed E-state index contributed by atoms with van der Waals surface area (Å²) in [7, 11) is 0. The number of fused-ring (bicyclic) bond motifs is 3. The highest BCUT2D eigenvalue weighted by Crippen LogP contribution is 2.45. The van der Waals surface area contributed by atoms with E-state index in [9.17, 15) is 14.4 Å². The van der Waals surface area contributed by atoms with Crippen LogP contribution in [0.4, 0.5) is 9.59 Å². The third-order valence-corrected chi connectivity index (χ3v) is 9.50. The molecule has 2 amide bonds. The summed E-state index contributed by atoms with van der Waals surface area (Å²) in [5.41, 5.74) is 4.94. The number of hydrogen-bond donors (Lipinski definition) is 2. The van der Waals surface area contributed by atoms with Crippen molar-refractivity contribution in [3.05, 3.63) is 166 Å². The fourth-order valence-corrected chi connectivity index (χ4v) is 7.01. The van der Waals surface area contributed by atoms with E-state index in [1.165, 1.54) is 0 Å². The van der Waals surface area contributed by atoms with Crippen molar-refractivity contribution in [3.8, 4) is 11.1 Å². The van der Waals surface area contributed by atoms with Crippen LogP contribution in [0.15, 0.2) is 127 Å². The molecule has 1 aliphatic carbocycles. The van der Waals surface area contributed by atoms with Crippen LogP contribution in [0.1, 0.15) is 66.5 Å². The minimum atomic E-state index is -1.51. The van der Waals surface area contributed by atoms with Gasteiger partial charge in [0.15, 0.2) is 5.60 Å². The highest BCUT2D eigenvalue weighted by molar-refractivity contribution is 6.31. The minimum Gasteiger partial charge on any atom is -0.449 e. The van der Waals surface area contributed by atoms with E-state index >= 15 is 0 Å². The summed E-state index contributed by atoms with van der Waals surface area (Å²) in [6.07, 6.45) is -1.48. The number of carbonyl (C=O) groups excluding carboxylic acids is 3. The SMILES string of the molecule is Cc1ccc(C(OC(=O)C(CCNC(=O)OC(C)(C)C)NC(=O)OCC2c3ccccc3-c3ccccc32)(c2ccccc2)c2ccccc2Cl)cc1. The highest BCUT2D eigenvalue weighted by atomic mass is 35.5. The second-order valence-electron chi connectivity index (χ2n) is 14.1. The Bertz CT molecular complexity index is 2030. The van der Waals surface area contributed by atoms with Crippen molar-refractivity contribution in [3.63, 3.8) is 0 Å². The molecule has 8 nitrogen and oxygen atoms in total. The second kappa shape index (κ2) is 16.0. The van der Waals surface area contributed by atoms with E-state index < -0.39 is 35.4 Å². The maximum Gasteiger partial charge on any atom is 0.407 e. The van der Waals surface area contributed by atoms with Crippen LogP contribution in [0.2, 0.25) is 5.02 Å². The average molecular weight is 731 g/mol. The van der Waals surface area contributed by atoms with Crippen LogP contribution in [0.5, 0.6) is 0 Å². The normalized spacial score (nSPS) is 13.8. The van der Waals surface area contributed by atoms with Crippen LogP contribution in [0.25, 0.3) is 11.1 Å². The van der Waals surface area contributed by atoms with Crippen molar-refractivity contribution in [1.29, 1.82) is 0 Å². The first kappa shape index (κ1) is 37.2. The molecule has 2 unspecified atom stereocenters. The Kier molecular flexibility index (Phi) is 11.2. The monoisotopic (exact) mass is 730 g/mol. The maximum atomic E-state index is 14.6. The third-order valence-electron chi connectivity index (χ3n) is 9.17. The average Bonchev–Trinajstić information content (AvgIpc) is 3.46. The second-order valence-corrected chi connectivity index (χ2v) is 14.5. The van der Waals surface area contributed by atoms with Crippen molar-refractivity contribution < 1.29 is 28.6 Å². The molecule has 6 rings (SSSR count). The lowest BCUT2D eigenvalue weighted by Crippen LogP contribution is -2.48.